The second kappa shape index (κ2) is 33.3. The quantitative estimate of drug-likeness (QED) is 0.210. The highest BCUT2D eigenvalue weighted by molar-refractivity contribution is 4.49. The lowest BCUT2D eigenvalue weighted by molar-refractivity contribution is 0.148. The van der Waals surface area contributed by atoms with Gasteiger partial charge in [-0.2, -0.15) is 0 Å². The highest BCUT2D eigenvalue weighted by Crippen LogP contribution is 2.05. The van der Waals surface area contributed by atoms with Gasteiger partial charge in [0.15, 0.2) is 0 Å². The van der Waals surface area contributed by atoms with E-state index in [-0.39, 0.29) is 58.3 Å². The molecule has 8 N–H and O–H groups in total. The fourth-order valence-corrected chi connectivity index (χ4v) is 1.16. The van der Waals surface area contributed by atoms with Gasteiger partial charge in [-0.1, -0.05) is 20.3 Å². The van der Waals surface area contributed by atoms with Crippen molar-refractivity contribution >= 4 is 0 Å². The van der Waals surface area contributed by atoms with Gasteiger partial charge in [0, 0.05) is 52.2 Å². The van der Waals surface area contributed by atoms with E-state index in [4.69, 9.17) is 40.9 Å². The summed E-state index contributed by atoms with van der Waals surface area (Å²) >= 11 is 0. The third kappa shape index (κ3) is 51.8. The number of unbranched alkanes of at least 4 members (excludes halogenated alkanes) is 2. The second-order valence-electron chi connectivity index (χ2n) is 6.49. The first-order chi connectivity index (χ1) is 12.8. The summed E-state index contributed by atoms with van der Waals surface area (Å²) in [4.78, 5) is 0. The van der Waals surface area contributed by atoms with Crippen LogP contribution in [0.3, 0.4) is 0 Å². The van der Waals surface area contributed by atoms with Crippen molar-refractivity contribution in [3.8, 4) is 0 Å². The molecule has 0 saturated carbocycles. The predicted molar refractivity (Wildman–Crippen MR) is 107 cm³/mol. The average molecular weight is 403 g/mol. The summed E-state index contributed by atoms with van der Waals surface area (Å²) in [6.45, 7) is 6.61. The molecule has 0 amide bonds. The fourth-order valence-electron chi connectivity index (χ4n) is 1.16. The fraction of sp³-hybridized carbons (Fsp3) is 1.00. The van der Waals surface area contributed by atoms with Crippen LogP contribution in [0, 0.1) is 11.8 Å². The Morgan fingerprint density at radius 2 is 0.852 bits per heavy atom. The van der Waals surface area contributed by atoms with Crippen LogP contribution in [0.5, 0.6) is 0 Å². The van der Waals surface area contributed by atoms with Crippen LogP contribution in [-0.2, 0) is 0 Å². The average Bonchev–Trinajstić information content (AvgIpc) is 2.67. The molecule has 0 bridgehead atoms. The molecule has 0 aliphatic carbocycles. The lowest BCUT2D eigenvalue weighted by atomic mass is 10.1. The first-order valence-corrected chi connectivity index (χ1v) is 9.75. The minimum absolute atomic E-state index is 0.0463. The van der Waals surface area contributed by atoms with Gasteiger partial charge >= 0.3 is 0 Å². The van der Waals surface area contributed by atoms with Crippen molar-refractivity contribution in [2.24, 2.45) is 11.8 Å². The maximum Gasteiger partial charge on any atom is 0.0533 e. The van der Waals surface area contributed by atoms with Crippen LogP contribution in [0.25, 0.3) is 0 Å². The van der Waals surface area contributed by atoms with Crippen molar-refractivity contribution < 1.29 is 40.9 Å². The normalized spacial score (nSPS) is 12.0. The number of aliphatic hydroxyl groups excluding tert-OH is 8. The standard InChI is InChI=1S/C7H16O2.3C4H10O2/c1-7(6-9)4-2-3-5-8;1-4(2-5)3-6;1-4(6)2-3-5;5-3-1-2-4-6/h7-9H,2-6H2,1H3;2*4-6H,2-3H2,1H3;5-6H,1-4H2. The highest BCUT2D eigenvalue weighted by Gasteiger charge is 1.97. The smallest absolute Gasteiger partial charge is 0.0533 e. The Kier molecular flexibility index (Phi) is 42.2. The summed E-state index contributed by atoms with van der Waals surface area (Å²) in [6.07, 6.45) is 4.49. The SMILES string of the molecule is CC(CO)CCCCO.CC(CO)CO.CC(O)CCO.OCCCCO. The van der Waals surface area contributed by atoms with E-state index < -0.39 is 0 Å². The van der Waals surface area contributed by atoms with Gasteiger partial charge in [-0.05, 0) is 44.9 Å². The maximum absolute atomic E-state index is 8.57. The molecule has 0 rings (SSSR count). The topological polar surface area (TPSA) is 162 Å². The van der Waals surface area contributed by atoms with Crippen LogP contribution in [-0.4, -0.2) is 93.2 Å². The minimum atomic E-state index is -0.352. The molecule has 0 aromatic carbocycles. The Balaban J connectivity index is -0.000000133. The minimum Gasteiger partial charge on any atom is -0.396 e. The zero-order valence-corrected chi connectivity index (χ0v) is 17.5. The molecule has 0 fully saturated rings. The van der Waals surface area contributed by atoms with Crippen LogP contribution >= 0.6 is 0 Å². The Bertz CT molecular complexity index is 210. The number of rotatable bonds is 12. The summed E-state index contributed by atoms with van der Waals surface area (Å²) in [7, 11) is 0. The third-order valence-electron chi connectivity index (χ3n) is 3.15. The van der Waals surface area contributed by atoms with E-state index in [9.17, 15) is 0 Å². The molecule has 0 saturated heterocycles. The Labute approximate surface area is 165 Å². The van der Waals surface area contributed by atoms with Gasteiger partial charge < -0.3 is 40.9 Å². The molecule has 0 radical (unpaired) electrons. The molecule has 8 nitrogen and oxygen atoms in total. The van der Waals surface area contributed by atoms with Gasteiger partial charge in [0.2, 0.25) is 0 Å². The van der Waals surface area contributed by atoms with Crippen molar-refractivity contribution in [1.29, 1.82) is 0 Å². The second-order valence-corrected chi connectivity index (χ2v) is 6.49. The molecule has 170 valence electrons. The van der Waals surface area contributed by atoms with Crippen molar-refractivity contribution in [3.05, 3.63) is 0 Å². The molecular weight excluding hydrogens is 356 g/mol. The Hall–Kier alpha value is -0.320. The lowest BCUT2D eigenvalue weighted by Gasteiger charge is -2.04. The van der Waals surface area contributed by atoms with E-state index in [0.29, 0.717) is 12.3 Å². The molecule has 0 heterocycles. The van der Waals surface area contributed by atoms with Crippen molar-refractivity contribution in [2.45, 2.75) is 65.4 Å². The van der Waals surface area contributed by atoms with E-state index in [1.807, 2.05) is 6.92 Å². The third-order valence-corrected chi connectivity index (χ3v) is 3.15. The number of hydrogen-bond donors (Lipinski definition) is 8. The van der Waals surface area contributed by atoms with Gasteiger partial charge in [0.05, 0.1) is 6.10 Å². The van der Waals surface area contributed by atoms with Crippen molar-refractivity contribution in [2.75, 3.05) is 46.2 Å². The largest absolute Gasteiger partial charge is 0.396 e. The molecule has 2 unspecified atom stereocenters. The van der Waals surface area contributed by atoms with Crippen LogP contribution in [0.1, 0.15) is 59.3 Å². The van der Waals surface area contributed by atoms with Crippen LogP contribution in [0.4, 0.5) is 0 Å². The van der Waals surface area contributed by atoms with Gasteiger partial charge in [-0.15, -0.1) is 0 Å². The highest BCUT2D eigenvalue weighted by atomic mass is 16.3. The van der Waals surface area contributed by atoms with Gasteiger partial charge in [0.1, 0.15) is 0 Å². The van der Waals surface area contributed by atoms with Gasteiger partial charge in [0.25, 0.3) is 0 Å². The van der Waals surface area contributed by atoms with E-state index in [1.54, 1.807) is 13.8 Å². The molecule has 27 heavy (non-hydrogen) atoms. The monoisotopic (exact) mass is 402 g/mol. The number of hydrogen-bond acceptors (Lipinski definition) is 8. The molecule has 0 aliphatic rings. The summed E-state index contributed by atoms with van der Waals surface area (Å²) in [5, 5.41) is 66.0. The summed E-state index contributed by atoms with van der Waals surface area (Å²) in [5.74, 6) is 0.446. The first-order valence-electron chi connectivity index (χ1n) is 9.75. The molecule has 0 aromatic heterocycles. The van der Waals surface area contributed by atoms with E-state index in [0.717, 1.165) is 32.1 Å². The summed E-state index contributed by atoms with van der Waals surface area (Å²) < 4.78 is 0. The van der Waals surface area contributed by atoms with Crippen LogP contribution < -0.4 is 0 Å². The molecule has 0 spiro atoms. The van der Waals surface area contributed by atoms with Crippen LogP contribution in [0.2, 0.25) is 0 Å². The molecular formula is C19H46O8. The first kappa shape index (κ1) is 34.2. The maximum atomic E-state index is 8.57. The zero-order chi connectivity index (χ0) is 21.9. The Morgan fingerprint density at radius 1 is 0.481 bits per heavy atom. The van der Waals surface area contributed by atoms with Crippen LogP contribution in [0.15, 0.2) is 0 Å². The summed E-state index contributed by atoms with van der Waals surface area (Å²) in [5.41, 5.74) is 0. The van der Waals surface area contributed by atoms with Gasteiger partial charge in [-0.25, -0.2) is 0 Å². The summed E-state index contributed by atoms with van der Waals surface area (Å²) in [6, 6.07) is 0. The van der Waals surface area contributed by atoms with E-state index in [1.165, 1.54) is 0 Å². The molecule has 8 heteroatoms. The lowest BCUT2D eigenvalue weighted by Crippen LogP contribution is -2.04. The number of aliphatic hydroxyl groups is 8. The van der Waals surface area contributed by atoms with Crippen molar-refractivity contribution in [3.63, 3.8) is 0 Å². The van der Waals surface area contributed by atoms with E-state index >= 15 is 0 Å². The molecule has 0 aromatic rings. The van der Waals surface area contributed by atoms with Gasteiger partial charge in [-0.3, -0.25) is 0 Å². The Morgan fingerprint density at radius 3 is 1.04 bits per heavy atom. The molecule has 0 aliphatic heterocycles. The van der Waals surface area contributed by atoms with E-state index in [2.05, 4.69) is 0 Å². The van der Waals surface area contributed by atoms with Crippen molar-refractivity contribution in [1.82, 2.24) is 0 Å². The molecule has 2 atom stereocenters. The zero-order valence-electron chi connectivity index (χ0n) is 17.5. The predicted octanol–water partition coefficient (Wildman–Crippen LogP) is -0.115.